The van der Waals surface area contributed by atoms with Crippen molar-refractivity contribution in [3.63, 3.8) is 0 Å². The number of aryl methyl sites for hydroxylation is 2. The summed E-state index contributed by atoms with van der Waals surface area (Å²) >= 11 is 0. The van der Waals surface area contributed by atoms with Crippen LogP contribution in [-0.2, 0) is 6.42 Å². The third-order valence-electron chi connectivity index (χ3n) is 2.76. The predicted octanol–water partition coefficient (Wildman–Crippen LogP) is 4.36. The van der Waals surface area contributed by atoms with Crippen LogP contribution in [0, 0.1) is 6.92 Å². The molecule has 0 spiro atoms. The van der Waals surface area contributed by atoms with Gasteiger partial charge in [-0.1, -0.05) is 25.5 Å². The highest BCUT2D eigenvalue weighted by molar-refractivity contribution is 5.77. The lowest BCUT2D eigenvalue weighted by Gasteiger charge is -1.97. The van der Waals surface area contributed by atoms with Crippen molar-refractivity contribution in [1.29, 1.82) is 0 Å². The maximum Gasteiger partial charge on any atom is 0.360 e. The predicted molar refractivity (Wildman–Crippen MR) is 64.0 cm³/mol. The molecule has 0 atom stereocenters. The topological polar surface area (TPSA) is 11.3 Å². The van der Waals surface area contributed by atoms with E-state index < -0.39 is 0 Å². The Morgan fingerprint density at radius 2 is 2.00 bits per heavy atom. The fraction of sp³-hybridized carbons (Fsp3) is 0.357. The van der Waals surface area contributed by atoms with E-state index in [-0.39, 0.29) is 0 Å². The van der Waals surface area contributed by atoms with Crippen molar-refractivity contribution >= 4 is 11.0 Å². The van der Waals surface area contributed by atoms with E-state index >= 15 is 0 Å². The molecule has 0 aliphatic heterocycles. The van der Waals surface area contributed by atoms with Crippen molar-refractivity contribution < 1.29 is 4.42 Å². The first-order valence-electron chi connectivity index (χ1n) is 5.62. The van der Waals surface area contributed by atoms with Crippen LogP contribution in [0.4, 0.5) is 0 Å². The van der Waals surface area contributed by atoms with E-state index in [2.05, 4.69) is 32.0 Å². The number of hydrogen-bond acceptors (Lipinski definition) is 0. The summed E-state index contributed by atoms with van der Waals surface area (Å²) < 4.78 is 5.79. The smallest absolute Gasteiger partial charge is 0.212 e. The first-order chi connectivity index (χ1) is 7.31. The SMILES string of the molecule is CCCCc1cc2ccccc2[o+]c1C. The highest BCUT2D eigenvalue weighted by Crippen LogP contribution is 2.20. The molecular weight excluding hydrogens is 184 g/mol. The third-order valence-corrected chi connectivity index (χ3v) is 2.76. The van der Waals surface area contributed by atoms with Gasteiger partial charge in [0.2, 0.25) is 0 Å². The van der Waals surface area contributed by atoms with Gasteiger partial charge in [0.25, 0.3) is 0 Å². The Bertz CT molecular complexity index is 460. The monoisotopic (exact) mass is 201 g/mol. The molecule has 1 heteroatoms. The van der Waals surface area contributed by atoms with Crippen LogP contribution >= 0.6 is 0 Å². The zero-order valence-corrected chi connectivity index (χ0v) is 9.42. The molecule has 1 aromatic heterocycles. The van der Waals surface area contributed by atoms with E-state index in [9.17, 15) is 0 Å². The molecule has 1 nitrogen and oxygen atoms in total. The van der Waals surface area contributed by atoms with Crippen molar-refractivity contribution in [3.8, 4) is 0 Å². The number of hydrogen-bond donors (Lipinski definition) is 0. The average Bonchev–Trinajstić information content (AvgIpc) is 2.26. The zero-order chi connectivity index (χ0) is 10.7. The van der Waals surface area contributed by atoms with Gasteiger partial charge in [0, 0.05) is 6.07 Å². The second-order valence-corrected chi connectivity index (χ2v) is 3.97. The second-order valence-electron chi connectivity index (χ2n) is 3.97. The van der Waals surface area contributed by atoms with Crippen LogP contribution in [0.5, 0.6) is 0 Å². The maximum absolute atomic E-state index is 5.79. The summed E-state index contributed by atoms with van der Waals surface area (Å²) in [7, 11) is 0. The molecule has 1 aromatic carbocycles. The van der Waals surface area contributed by atoms with Crippen molar-refractivity contribution in [3.05, 3.63) is 41.7 Å². The number of benzene rings is 1. The average molecular weight is 201 g/mol. The van der Waals surface area contributed by atoms with E-state index in [1.54, 1.807) is 0 Å². The van der Waals surface area contributed by atoms with Crippen LogP contribution in [0.25, 0.3) is 11.0 Å². The van der Waals surface area contributed by atoms with Crippen molar-refractivity contribution in [2.45, 2.75) is 33.1 Å². The highest BCUT2D eigenvalue weighted by Gasteiger charge is 2.13. The maximum atomic E-state index is 5.79. The van der Waals surface area contributed by atoms with Crippen molar-refractivity contribution in [2.75, 3.05) is 0 Å². The van der Waals surface area contributed by atoms with Crippen LogP contribution in [0.2, 0.25) is 0 Å². The van der Waals surface area contributed by atoms with E-state index in [0.29, 0.717) is 0 Å². The van der Waals surface area contributed by atoms with Crippen LogP contribution in [-0.4, -0.2) is 0 Å². The Morgan fingerprint density at radius 3 is 2.80 bits per heavy atom. The summed E-state index contributed by atoms with van der Waals surface area (Å²) in [6.07, 6.45) is 3.58. The standard InChI is InChI=1S/C14H17O/c1-3-4-7-12-10-13-8-5-6-9-14(13)15-11(12)2/h5-6,8-10H,3-4,7H2,1-2H3/q+1. The number of fused-ring (bicyclic) bond motifs is 1. The van der Waals surface area contributed by atoms with Crippen LogP contribution < -0.4 is 0 Å². The molecule has 0 aliphatic rings. The summed E-state index contributed by atoms with van der Waals surface area (Å²) in [4.78, 5) is 0. The van der Waals surface area contributed by atoms with E-state index in [1.165, 1.54) is 23.8 Å². The molecule has 0 amide bonds. The lowest BCUT2D eigenvalue weighted by atomic mass is 10.1. The molecule has 0 unspecified atom stereocenters. The summed E-state index contributed by atoms with van der Waals surface area (Å²) in [5, 5.41) is 1.20. The Morgan fingerprint density at radius 1 is 1.20 bits per heavy atom. The van der Waals surface area contributed by atoms with E-state index in [4.69, 9.17) is 4.42 Å². The fourth-order valence-corrected chi connectivity index (χ4v) is 1.83. The van der Waals surface area contributed by atoms with Gasteiger partial charge in [0.15, 0.2) is 0 Å². The first kappa shape index (κ1) is 10.2. The Balaban J connectivity index is 2.43. The fourth-order valence-electron chi connectivity index (χ4n) is 1.83. The molecular formula is C14H17O+. The molecule has 0 bridgehead atoms. The van der Waals surface area contributed by atoms with Gasteiger partial charge in [-0.2, -0.15) is 0 Å². The lowest BCUT2D eigenvalue weighted by Crippen LogP contribution is -1.89. The van der Waals surface area contributed by atoms with Gasteiger partial charge >= 0.3 is 11.3 Å². The van der Waals surface area contributed by atoms with Crippen molar-refractivity contribution in [1.82, 2.24) is 0 Å². The first-order valence-corrected chi connectivity index (χ1v) is 5.62. The number of unbranched alkanes of at least 4 members (excludes halogenated alkanes) is 1. The second kappa shape index (κ2) is 4.43. The molecule has 78 valence electrons. The molecule has 1 heterocycles. The third kappa shape index (κ3) is 2.17. The van der Waals surface area contributed by atoms with Crippen LogP contribution in [0.3, 0.4) is 0 Å². The van der Waals surface area contributed by atoms with Gasteiger partial charge in [-0.15, -0.1) is 0 Å². The van der Waals surface area contributed by atoms with Gasteiger partial charge in [-0.05, 0) is 25.0 Å². The summed E-state index contributed by atoms with van der Waals surface area (Å²) in [5.41, 5.74) is 2.32. The summed E-state index contributed by atoms with van der Waals surface area (Å²) in [5.74, 6) is 1.06. The normalized spacial score (nSPS) is 10.8. The zero-order valence-electron chi connectivity index (χ0n) is 9.42. The van der Waals surface area contributed by atoms with Gasteiger partial charge in [-0.25, -0.2) is 4.42 Å². The molecule has 2 rings (SSSR count). The molecule has 0 fully saturated rings. The number of rotatable bonds is 3. The highest BCUT2D eigenvalue weighted by atomic mass is 16.3. The van der Waals surface area contributed by atoms with Crippen LogP contribution in [0.15, 0.2) is 34.7 Å². The van der Waals surface area contributed by atoms with Crippen molar-refractivity contribution in [2.24, 2.45) is 0 Å². The Hall–Kier alpha value is -1.37. The van der Waals surface area contributed by atoms with Gasteiger partial charge in [0.1, 0.15) is 0 Å². The molecule has 0 N–H and O–H groups in total. The molecule has 2 aromatic rings. The molecule has 0 saturated heterocycles. The van der Waals surface area contributed by atoms with Gasteiger partial charge in [-0.3, -0.25) is 0 Å². The van der Waals surface area contributed by atoms with E-state index in [1.807, 2.05) is 12.1 Å². The summed E-state index contributed by atoms with van der Waals surface area (Å²) in [6, 6.07) is 10.4. The lowest BCUT2D eigenvalue weighted by molar-refractivity contribution is 0.553. The number of para-hydroxylation sites is 1. The minimum atomic E-state index is 0.982. The van der Waals surface area contributed by atoms with Gasteiger partial charge in [0.05, 0.1) is 17.9 Å². The Labute approximate surface area is 90.7 Å². The largest absolute Gasteiger partial charge is 0.360 e. The minimum absolute atomic E-state index is 0.982. The molecule has 15 heavy (non-hydrogen) atoms. The Kier molecular flexibility index (Phi) is 3.00. The molecule has 0 aliphatic carbocycles. The van der Waals surface area contributed by atoms with Gasteiger partial charge < -0.3 is 0 Å². The van der Waals surface area contributed by atoms with E-state index in [0.717, 1.165) is 17.8 Å². The molecule has 0 radical (unpaired) electrons. The molecule has 0 saturated carbocycles. The minimum Gasteiger partial charge on any atom is -0.212 e. The summed E-state index contributed by atoms with van der Waals surface area (Å²) in [6.45, 7) is 4.27. The van der Waals surface area contributed by atoms with Crippen LogP contribution in [0.1, 0.15) is 31.1 Å². The quantitative estimate of drug-likeness (QED) is 0.671.